The third-order valence-corrected chi connectivity index (χ3v) is 5.18. The van der Waals surface area contributed by atoms with Crippen molar-refractivity contribution in [3.05, 3.63) is 47.9 Å². The molecular weight excluding hydrogens is 354 g/mol. The highest BCUT2D eigenvalue weighted by molar-refractivity contribution is 7.89. The lowest BCUT2D eigenvalue weighted by Gasteiger charge is -2.15. The van der Waals surface area contributed by atoms with E-state index in [2.05, 4.69) is 20.2 Å². The average molecular weight is 375 g/mol. The van der Waals surface area contributed by atoms with Gasteiger partial charge in [0.25, 0.3) is 5.91 Å². The van der Waals surface area contributed by atoms with Gasteiger partial charge in [-0.1, -0.05) is 12.1 Å². The van der Waals surface area contributed by atoms with Crippen molar-refractivity contribution in [2.75, 3.05) is 24.5 Å². The van der Waals surface area contributed by atoms with E-state index < -0.39 is 10.0 Å². The van der Waals surface area contributed by atoms with Gasteiger partial charge in [-0.3, -0.25) is 4.79 Å². The third-order valence-electron chi connectivity index (χ3n) is 4.25. The molecule has 0 atom stereocenters. The summed E-state index contributed by atoms with van der Waals surface area (Å²) in [7, 11) is -3.69. The number of amides is 1. The molecule has 1 amide bonds. The molecular formula is C17H21N5O3S. The Balaban J connectivity index is 1.50. The van der Waals surface area contributed by atoms with Crippen molar-refractivity contribution >= 4 is 21.7 Å². The molecule has 0 radical (unpaired) electrons. The van der Waals surface area contributed by atoms with Crippen LogP contribution in [0.15, 0.2) is 41.6 Å². The molecule has 1 aromatic heterocycles. The van der Waals surface area contributed by atoms with Crippen LogP contribution in [0.2, 0.25) is 0 Å². The van der Waals surface area contributed by atoms with Crippen LogP contribution in [0.25, 0.3) is 0 Å². The van der Waals surface area contributed by atoms with Gasteiger partial charge in [-0.05, 0) is 37.0 Å². The van der Waals surface area contributed by atoms with Gasteiger partial charge in [-0.25, -0.2) is 23.5 Å². The van der Waals surface area contributed by atoms with Gasteiger partial charge in [0.15, 0.2) is 0 Å². The lowest BCUT2D eigenvalue weighted by molar-refractivity contribution is 0.0949. The number of carbonyl (C=O) groups is 1. The maximum Gasteiger partial charge on any atom is 0.271 e. The van der Waals surface area contributed by atoms with E-state index in [0.29, 0.717) is 13.0 Å². The molecule has 0 aliphatic carbocycles. The molecule has 9 heteroatoms. The summed E-state index contributed by atoms with van der Waals surface area (Å²) in [4.78, 5) is 22.9. The summed E-state index contributed by atoms with van der Waals surface area (Å²) in [6, 6.07) is 6.26. The number of benzene rings is 1. The first kappa shape index (κ1) is 18.3. The molecule has 2 aromatic rings. The fourth-order valence-corrected chi connectivity index (χ4v) is 3.32. The molecule has 0 unspecified atom stereocenters. The minimum Gasteiger partial charge on any atom is -0.355 e. The van der Waals surface area contributed by atoms with Crippen LogP contribution in [0.1, 0.15) is 28.9 Å². The Labute approximate surface area is 152 Å². The number of nitrogens with one attached hydrogen (secondary N) is 1. The summed E-state index contributed by atoms with van der Waals surface area (Å²) < 4.78 is 22.4. The summed E-state index contributed by atoms with van der Waals surface area (Å²) in [5.41, 5.74) is 1.17. The number of anilines is 1. The van der Waals surface area contributed by atoms with E-state index in [0.717, 1.165) is 37.3 Å². The molecule has 138 valence electrons. The average Bonchev–Trinajstić information content (AvgIpc) is 3.16. The molecule has 8 nitrogen and oxygen atoms in total. The molecule has 0 bridgehead atoms. The molecule has 1 aliphatic rings. The van der Waals surface area contributed by atoms with E-state index in [4.69, 9.17) is 5.14 Å². The first-order valence-electron chi connectivity index (χ1n) is 8.40. The SMILES string of the molecule is NS(=O)(=O)c1ccc(CCNC(=O)c2cnc(N3CCCC3)cn2)cc1. The molecule has 0 spiro atoms. The Kier molecular flexibility index (Phi) is 5.48. The summed E-state index contributed by atoms with van der Waals surface area (Å²) >= 11 is 0. The highest BCUT2D eigenvalue weighted by Crippen LogP contribution is 2.16. The molecule has 0 saturated carbocycles. The molecule has 1 aromatic carbocycles. The molecule has 1 fully saturated rings. The van der Waals surface area contributed by atoms with Crippen LogP contribution in [-0.2, 0) is 16.4 Å². The Hall–Kier alpha value is -2.52. The fraction of sp³-hybridized carbons (Fsp3) is 0.353. The van der Waals surface area contributed by atoms with Gasteiger partial charge in [0, 0.05) is 19.6 Å². The third kappa shape index (κ3) is 4.55. The molecule has 1 aliphatic heterocycles. The van der Waals surface area contributed by atoms with E-state index in [-0.39, 0.29) is 16.5 Å². The highest BCUT2D eigenvalue weighted by Gasteiger charge is 2.15. The van der Waals surface area contributed by atoms with E-state index in [1.54, 1.807) is 18.3 Å². The maximum atomic E-state index is 12.1. The second-order valence-electron chi connectivity index (χ2n) is 6.15. The highest BCUT2D eigenvalue weighted by atomic mass is 32.2. The topological polar surface area (TPSA) is 118 Å². The minimum absolute atomic E-state index is 0.0682. The smallest absolute Gasteiger partial charge is 0.271 e. The van der Waals surface area contributed by atoms with Crippen molar-refractivity contribution in [1.82, 2.24) is 15.3 Å². The van der Waals surface area contributed by atoms with Crippen molar-refractivity contribution in [2.24, 2.45) is 5.14 Å². The number of nitrogens with zero attached hydrogens (tertiary/aromatic N) is 3. The number of primary sulfonamides is 1. The normalized spacial score (nSPS) is 14.4. The predicted molar refractivity (Wildman–Crippen MR) is 97.3 cm³/mol. The number of aromatic nitrogens is 2. The quantitative estimate of drug-likeness (QED) is 0.767. The summed E-state index contributed by atoms with van der Waals surface area (Å²) in [5.74, 6) is 0.514. The van der Waals surface area contributed by atoms with Crippen LogP contribution < -0.4 is 15.4 Å². The van der Waals surface area contributed by atoms with Crippen LogP contribution >= 0.6 is 0 Å². The summed E-state index contributed by atoms with van der Waals surface area (Å²) in [6.45, 7) is 2.36. The molecule has 3 N–H and O–H groups in total. The number of hydrogen-bond donors (Lipinski definition) is 2. The lowest BCUT2D eigenvalue weighted by atomic mass is 10.1. The minimum atomic E-state index is -3.69. The van der Waals surface area contributed by atoms with Crippen molar-refractivity contribution in [3.8, 4) is 0 Å². The van der Waals surface area contributed by atoms with Gasteiger partial charge in [-0.15, -0.1) is 0 Å². The van der Waals surface area contributed by atoms with Crippen molar-refractivity contribution in [1.29, 1.82) is 0 Å². The van der Waals surface area contributed by atoms with E-state index in [1.165, 1.54) is 18.3 Å². The number of hydrogen-bond acceptors (Lipinski definition) is 6. The summed E-state index contributed by atoms with van der Waals surface area (Å²) in [5, 5.41) is 7.84. The van der Waals surface area contributed by atoms with Crippen molar-refractivity contribution < 1.29 is 13.2 Å². The Morgan fingerprint density at radius 2 is 1.81 bits per heavy atom. The van der Waals surface area contributed by atoms with Gasteiger partial charge in [0.1, 0.15) is 11.5 Å². The monoisotopic (exact) mass is 375 g/mol. The van der Waals surface area contributed by atoms with Crippen LogP contribution in [0.5, 0.6) is 0 Å². The van der Waals surface area contributed by atoms with Crippen LogP contribution in [-0.4, -0.2) is 43.9 Å². The van der Waals surface area contributed by atoms with E-state index in [9.17, 15) is 13.2 Å². The van der Waals surface area contributed by atoms with Gasteiger partial charge < -0.3 is 10.2 Å². The summed E-state index contributed by atoms with van der Waals surface area (Å²) in [6.07, 6.45) is 6.00. The second-order valence-corrected chi connectivity index (χ2v) is 7.71. The van der Waals surface area contributed by atoms with E-state index >= 15 is 0 Å². The van der Waals surface area contributed by atoms with Gasteiger partial charge in [-0.2, -0.15) is 0 Å². The molecule has 1 saturated heterocycles. The van der Waals surface area contributed by atoms with Crippen LogP contribution in [0, 0.1) is 0 Å². The number of nitrogens with two attached hydrogens (primary N) is 1. The fourth-order valence-electron chi connectivity index (χ4n) is 2.80. The largest absolute Gasteiger partial charge is 0.355 e. The maximum absolute atomic E-state index is 12.1. The van der Waals surface area contributed by atoms with Crippen molar-refractivity contribution in [2.45, 2.75) is 24.2 Å². The number of rotatable bonds is 6. The zero-order valence-electron chi connectivity index (χ0n) is 14.3. The molecule has 2 heterocycles. The standard InChI is InChI=1S/C17H21N5O3S/c18-26(24,25)14-5-3-13(4-6-14)7-8-19-17(23)15-11-21-16(12-20-15)22-9-1-2-10-22/h3-6,11-12H,1-2,7-10H2,(H,19,23)(H2,18,24,25). The number of carbonyl (C=O) groups excluding carboxylic acids is 1. The van der Waals surface area contributed by atoms with Gasteiger partial charge in [0.2, 0.25) is 10.0 Å². The Bertz CT molecular complexity index is 860. The van der Waals surface area contributed by atoms with Crippen molar-refractivity contribution in [3.63, 3.8) is 0 Å². The number of sulfonamides is 1. The second kappa shape index (κ2) is 7.79. The molecule has 3 rings (SSSR count). The predicted octanol–water partition coefficient (Wildman–Crippen LogP) is 0.697. The zero-order valence-corrected chi connectivity index (χ0v) is 15.1. The van der Waals surface area contributed by atoms with Gasteiger partial charge in [0.05, 0.1) is 17.3 Å². The van der Waals surface area contributed by atoms with Gasteiger partial charge >= 0.3 is 0 Å². The van der Waals surface area contributed by atoms with Crippen LogP contribution in [0.3, 0.4) is 0 Å². The first-order chi connectivity index (χ1) is 12.4. The molecule has 26 heavy (non-hydrogen) atoms. The van der Waals surface area contributed by atoms with Crippen LogP contribution in [0.4, 0.5) is 5.82 Å². The zero-order chi connectivity index (χ0) is 18.6. The Morgan fingerprint density at radius 3 is 2.38 bits per heavy atom. The lowest BCUT2D eigenvalue weighted by Crippen LogP contribution is -2.27. The first-order valence-corrected chi connectivity index (χ1v) is 9.95. The Morgan fingerprint density at radius 1 is 1.12 bits per heavy atom. The van der Waals surface area contributed by atoms with E-state index in [1.807, 2.05) is 0 Å².